The third-order valence-corrected chi connectivity index (χ3v) is 4.85. The Morgan fingerprint density at radius 2 is 2.14 bits per heavy atom. The van der Waals surface area contributed by atoms with Crippen LogP contribution < -0.4 is 5.32 Å². The topological polar surface area (TPSA) is 54.9 Å². The molecule has 1 N–H and O–H groups in total. The van der Waals surface area contributed by atoms with Crippen LogP contribution in [0.15, 0.2) is 52.4 Å². The van der Waals surface area contributed by atoms with Gasteiger partial charge in [-0.2, -0.15) is 0 Å². The first-order valence-corrected chi connectivity index (χ1v) is 8.25. The molecule has 0 aliphatic rings. The highest BCUT2D eigenvalue weighted by Gasteiger charge is 2.12. The van der Waals surface area contributed by atoms with Crippen molar-refractivity contribution in [3.8, 4) is 11.3 Å². The van der Waals surface area contributed by atoms with Crippen LogP contribution in [0.1, 0.15) is 15.5 Å². The molecule has 0 aliphatic carbocycles. The summed E-state index contributed by atoms with van der Waals surface area (Å²) in [6.45, 7) is 1.85. The van der Waals surface area contributed by atoms with Crippen molar-refractivity contribution in [1.82, 2.24) is 9.97 Å². The highest BCUT2D eigenvalue weighted by molar-refractivity contribution is 9.10. The first kappa shape index (κ1) is 14.9. The fraction of sp³-hybridized carbons (Fsp3) is 0.0625. The predicted octanol–water partition coefficient (Wildman–Crippen LogP) is 4.53. The second-order valence-corrected chi connectivity index (χ2v) is 6.39. The Balaban J connectivity index is 1.86. The minimum Gasteiger partial charge on any atom is -0.321 e. The fourth-order valence-corrected chi connectivity index (χ4v) is 3.46. The normalized spacial score (nSPS) is 10.5. The Kier molecular flexibility index (Phi) is 4.31. The summed E-state index contributed by atoms with van der Waals surface area (Å²) in [4.78, 5) is 21.4. The Hall–Kier alpha value is -2.05. The first-order valence-electron chi connectivity index (χ1n) is 6.58. The van der Waals surface area contributed by atoms with Gasteiger partial charge in [0.05, 0.1) is 5.69 Å². The lowest BCUT2D eigenvalue weighted by Gasteiger charge is -2.07. The molecular weight excluding hydrogens is 362 g/mol. The van der Waals surface area contributed by atoms with E-state index in [1.165, 1.54) is 11.3 Å². The molecule has 1 amide bonds. The Labute approximate surface area is 140 Å². The number of thiophene rings is 1. The van der Waals surface area contributed by atoms with Crippen molar-refractivity contribution in [2.24, 2.45) is 0 Å². The highest BCUT2D eigenvalue weighted by Crippen LogP contribution is 2.25. The molecule has 2 aromatic heterocycles. The standard InChI is InChI=1S/C16H12BrN3OS/c1-10-18-7-5-14(19-10)11-3-2-4-12(9-11)20-16(21)15-13(17)6-8-22-15/h2-9H,1H3,(H,20,21). The summed E-state index contributed by atoms with van der Waals surface area (Å²) in [5, 5.41) is 4.78. The van der Waals surface area contributed by atoms with E-state index in [0.717, 1.165) is 27.2 Å². The van der Waals surface area contributed by atoms with E-state index in [-0.39, 0.29) is 5.91 Å². The van der Waals surface area contributed by atoms with E-state index < -0.39 is 0 Å². The Bertz CT molecular complexity index is 832. The number of nitrogens with zero attached hydrogens (tertiary/aromatic N) is 2. The van der Waals surface area contributed by atoms with Crippen LogP contribution in [-0.4, -0.2) is 15.9 Å². The van der Waals surface area contributed by atoms with E-state index in [2.05, 4.69) is 31.2 Å². The second-order valence-electron chi connectivity index (χ2n) is 4.62. The monoisotopic (exact) mass is 373 g/mol. The van der Waals surface area contributed by atoms with E-state index in [4.69, 9.17) is 0 Å². The maximum atomic E-state index is 12.2. The van der Waals surface area contributed by atoms with Crippen molar-refractivity contribution >= 4 is 38.9 Å². The van der Waals surface area contributed by atoms with Crippen LogP contribution in [0.3, 0.4) is 0 Å². The van der Waals surface area contributed by atoms with Crippen LogP contribution in [-0.2, 0) is 0 Å². The minimum atomic E-state index is -0.127. The molecule has 110 valence electrons. The summed E-state index contributed by atoms with van der Waals surface area (Å²) < 4.78 is 0.803. The van der Waals surface area contributed by atoms with E-state index in [1.54, 1.807) is 6.20 Å². The van der Waals surface area contributed by atoms with Gasteiger partial charge in [0.2, 0.25) is 0 Å². The number of aryl methyl sites for hydroxylation is 1. The summed E-state index contributed by atoms with van der Waals surface area (Å²) in [5.41, 5.74) is 2.51. The Morgan fingerprint density at radius 1 is 1.27 bits per heavy atom. The predicted molar refractivity (Wildman–Crippen MR) is 92.2 cm³/mol. The summed E-state index contributed by atoms with van der Waals surface area (Å²) in [6, 6.07) is 11.3. The summed E-state index contributed by atoms with van der Waals surface area (Å²) in [6.07, 6.45) is 1.73. The van der Waals surface area contributed by atoms with Crippen LogP contribution in [0.4, 0.5) is 5.69 Å². The fourth-order valence-electron chi connectivity index (χ4n) is 2.02. The van der Waals surface area contributed by atoms with Crippen LogP contribution in [0, 0.1) is 6.92 Å². The molecule has 0 spiro atoms. The van der Waals surface area contributed by atoms with Crippen LogP contribution in [0.25, 0.3) is 11.3 Å². The lowest BCUT2D eigenvalue weighted by Crippen LogP contribution is -2.10. The number of anilines is 1. The maximum Gasteiger partial charge on any atom is 0.266 e. The Morgan fingerprint density at radius 3 is 2.86 bits per heavy atom. The van der Waals surface area contributed by atoms with Crippen LogP contribution in [0.2, 0.25) is 0 Å². The number of hydrogen-bond donors (Lipinski definition) is 1. The summed E-state index contributed by atoms with van der Waals surface area (Å²) in [5.74, 6) is 0.590. The van der Waals surface area contributed by atoms with Gasteiger partial charge in [-0.1, -0.05) is 12.1 Å². The average Bonchev–Trinajstić information content (AvgIpc) is 2.94. The number of halogens is 1. The van der Waals surface area contributed by atoms with Crippen molar-refractivity contribution < 1.29 is 4.79 Å². The molecule has 3 rings (SSSR count). The molecule has 0 unspecified atom stereocenters. The van der Waals surface area contributed by atoms with E-state index >= 15 is 0 Å². The lowest BCUT2D eigenvalue weighted by molar-refractivity contribution is 0.103. The summed E-state index contributed by atoms with van der Waals surface area (Å²) >= 11 is 4.77. The first-order chi connectivity index (χ1) is 10.6. The number of carbonyl (C=O) groups is 1. The zero-order valence-electron chi connectivity index (χ0n) is 11.7. The average molecular weight is 374 g/mol. The molecule has 0 radical (unpaired) electrons. The zero-order valence-corrected chi connectivity index (χ0v) is 14.1. The molecule has 0 saturated carbocycles. The largest absolute Gasteiger partial charge is 0.321 e. The quantitative estimate of drug-likeness (QED) is 0.733. The lowest BCUT2D eigenvalue weighted by atomic mass is 10.1. The van der Waals surface area contributed by atoms with Crippen molar-refractivity contribution in [2.75, 3.05) is 5.32 Å². The van der Waals surface area contributed by atoms with Gasteiger partial charge in [0.25, 0.3) is 5.91 Å². The number of hydrogen-bond acceptors (Lipinski definition) is 4. The number of aromatic nitrogens is 2. The van der Waals surface area contributed by atoms with Gasteiger partial charge in [-0.25, -0.2) is 9.97 Å². The van der Waals surface area contributed by atoms with Gasteiger partial charge >= 0.3 is 0 Å². The van der Waals surface area contributed by atoms with Gasteiger partial charge in [0.1, 0.15) is 10.7 Å². The van der Waals surface area contributed by atoms with Gasteiger partial charge in [-0.3, -0.25) is 4.79 Å². The van der Waals surface area contributed by atoms with Crippen molar-refractivity contribution in [3.63, 3.8) is 0 Å². The van der Waals surface area contributed by atoms with Crippen LogP contribution >= 0.6 is 27.3 Å². The number of nitrogens with one attached hydrogen (secondary N) is 1. The van der Waals surface area contributed by atoms with E-state index in [9.17, 15) is 4.79 Å². The molecule has 3 aromatic rings. The molecular formula is C16H12BrN3OS. The second kappa shape index (κ2) is 6.37. The van der Waals surface area contributed by atoms with Gasteiger partial charge in [-0.05, 0) is 52.5 Å². The molecule has 6 heteroatoms. The molecule has 2 heterocycles. The van der Waals surface area contributed by atoms with E-state index in [0.29, 0.717) is 4.88 Å². The highest BCUT2D eigenvalue weighted by atomic mass is 79.9. The van der Waals surface area contributed by atoms with Gasteiger partial charge < -0.3 is 5.32 Å². The van der Waals surface area contributed by atoms with E-state index in [1.807, 2.05) is 48.7 Å². The minimum absolute atomic E-state index is 0.127. The molecule has 0 aliphatic heterocycles. The molecule has 4 nitrogen and oxygen atoms in total. The number of rotatable bonds is 3. The third kappa shape index (κ3) is 3.23. The number of benzene rings is 1. The molecule has 22 heavy (non-hydrogen) atoms. The maximum absolute atomic E-state index is 12.2. The SMILES string of the molecule is Cc1nccc(-c2cccc(NC(=O)c3sccc3Br)c2)n1. The summed E-state index contributed by atoms with van der Waals surface area (Å²) in [7, 11) is 0. The zero-order chi connectivity index (χ0) is 15.5. The van der Waals surface area contributed by atoms with Gasteiger partial charge in [0.15, 0.2) is 0 Å². The van der Waals surface area contributed by atoms with Crippen molar-refractivity contribution in [1.29, 1.82) is 0 Å². The van der Waals surface area contributed by atoms with Gasteiger partial charge in [-0.15, -0.1) is 11.3 Å². The van der Waals surface area contributed by atoms with Gasteiger partial charge in [0, 0.05) is 21.9 Å². The molecule has 0 saturated heterocycles. The molecule has 0 atom stereocenters. The van der Waals surface area contributed by atoms with Crippen molar-refractivity contribution in [2.45, 2.75) is 6.92 Å². The van der Waals surface area contributed by atoms with Crippen LogP contribution in [0.5, 0.6) is 0 Å². The number of carbonyl (C=O) groups excluding carboxylic acids is 1. The molecule has 0 bridgehead atoms. The number of amides is 1. The smallest absolute Gasteiger partial charge is 0.266 e. The van der Waals surface area contributed by atoms with Crippen molar-refractivity contribution in [3.05, 3.63) is 63.1 Å². The third-order valence-electron chi connectivity index (χ3n) is 3.02. The molecule has 0 fully saturated rings. The molecule has 1 aromatic carbocycles.